The minimum atomic E-state index is 0.518. The number of hydrogen-bond acceptors (Lipinski definition) is 7. The van der Waals surface area contributed by atoms with Gasteiger partial charge in [-0.25, -0.2) is 4.98 Å². The third kappa shape index (κ3) is 2.77. The largest absolute Gasteiger partial charge is 0.497 e. The summed E-state index contributed by atoms with van der Waals surface area (Å²) >= 11 is 0. The average Bonchev–Trinajstić information content (AvgIpc) is 3.18. The molecular weight excluding hydrogens is 332 g/mol. The van der Waals surface area contributed by atoms with E-state index in [1.807, 2.05) is 40.8 Å². The summed E-state index contributed by atoms with van der Waals surface area (Å²) in [6, 6.07) is 13.3. The van der Waals surface area contributed by atoms with E-state index in [4.69, 9.17) is 9.47 Å². The van der Waals surface area contributed by atoms with Gasteiger partial charge < -0.3 is 9.47 Å². The van der Waals surface area contributed by atoms with Crippen molar-refractivity contribution in [2.45, 2.75) is 0 Å². The van der Waals surface area contributed by atoms with Crippen molar-refractivity contribution in [1.82, 2.24) is 19.6 Å². The zero-order chi connectivity index (χ0) is 17.9. The van der Waals surface area contributed by atoms with Crippen LogP contribution < -0.4 is 14.9 Å². The molecule has 0 fully saturated rings. The highest BCUT2D eigenvalue weighted by Gasteiger charge is 2.09. The van der Waals surface area contributed by atoms with Crippen molar-refractivity contribution in [2.75, 3.05) is 19.6 Å². The summed E-state index contributed by atoms with van der Waals surface area (Å²) in [5, 5.41) is 12.4. The zero-order valence-corrected chi connectivity index (χ0v) is 14.2. The molecule has 1 N–H and O–H groups in total. The Bertz CT molecular complexity index is 1110. The highest BCUT2D eigenvalue weighted by atomic mass is 16.5. The van der Waals surface area contributed by atoms with E-state index < -0.39 is 0 Å². The van der Waals surface area contributed by atoms with Gasteiger partial charge in [0.1, 0.15) is 17.8 Å². The number of benzene rings is 2. The Balaban J connectivity index is 1.67. The molecule has 8 nitrogen and oxygen atoms in total. The van der Waals surface area contributed by atoms with Gasteiger partial charge in [0.05, 0.1) is 31.5 Å². The van der Waals surface area contributed by atoms with E-state index in [2.05, 4.69) is 25.7 Å². The molecular formula is C18H16N6O2. The predicted molar refractivity (Wildman–Crippen MR) is 99.1 cm³/mol. The maximum absolute atomic E-state index is 5.36. The molecule has 0 aliphatic heterocycles. The van der Waals surface area contributed by atoms with E-state index in [9.17, 15) is 0 Å². The van der Waals surface area contributed by atoms with Crippen LogP contribution in [0.2, 0.25) is 0 Å². The first-order valence-corrected chi connectivity index (χ1v) is 7.90. The Morgan fingerprint density at radius 1 is 1.12 bits per heavy atom. The Hall–Kier alpha value is -3.68. The molecule has 4 aromatic rings. The first-order chi connectivity index (χ1) is 12.8. The van der Waals surface area contributed by atoms with Crippen molar-refractivity contribution >= 4 is 28.7 Å². The van der Waals surface area contributed by atoms with Gasteiger partial charge in [-0.2, -0.15) is 5.10 Å². The van der Waals surface area contributed by atoms with Crippen LogP contribution in [0.5, 0.6) is 11.5 Å². The maximum Gasteiger partial charge on any atom is 0.205 e. The Kier molecular flexibility index (Phi) is 4.06. The van der Waals surface area contributed by atoms with Crippen molar-refractivity contribution in [3.8, 4) is 11.5 Å². The van der Waals surface area contributed by atoms with E-state index in [0.29, 0.717) is 23.0 Å². The van der Waals surface area contributed by atoms with Gasteiger partial charge in [-0.3, -0.25) is 9.83 Å². The second-order valence-corrected chi connectivity index (χ2v) is 5.45. The molecule has 2 aromatic carbocycles. The fraction of sp³-hybridized carbons (Fsp3) is 0.111. The molecule has 0 bridgehead atoms. The second-order valence-electron chi connectivity index (χ2n) is 5.45. The number of para-hydroxylation sites is 2. The fourth-order valence-corrected chi connectivity index (χ4v) is 2.67. The van der Waals surface area contributed by atoms with Gasteiger partial charge in [0.2, 0.25) is 5.65 Å². The van der Waals surface area contributed by atoms with E-state index in [-0.39, 0.29) is 0 Å². The Morgan fingerprint density at radius 2 is 2.00 bits per heavy atom. The smallest absolute Gasteiger partial charge is 0.205 e. The summed E-state index contributed by atoms with van der Waals surface area (Å²) in [6.07, 6.45) is 3.31. The first-order valence-electron chi connectivity index (χ1n) is 7.90. The van der Waals surface area contributed by atoms with Crippen LogP contribution in [0.3, 0.4) is 0 Å². The second kappa shape index (κ2) is 6.67. The summed E-state index contributed by atoms with van der Waals surface area (Å²) < 4.78 is 12.4. The van der Waals surface area contributed by atoms with E-state index >= 15 is 0 Å². The van der Waals surface area contributed by atoms with Gasteiger partial charge in [-0.05, 0) is 24.3 Å². The number of aromatic nitrogens is 4. The first kappa shape index (κ1) is 15.8. The molecule has 4 rings (SSSR count). The molecule has 0 spiro atoms. The Labute approximate surface area is 149 Å². The van der Waals surface area contributed by atoms with Gasteiger partial charge in [0, 0.05) is 11.6 Å². The topological polar surface area (TPSA) is 85.9 Å². The lowest BCUT2D eigenvalue weighted by atomic mass is 10.2. The number of anilines is 1. The number of hydrogen-bond donors (Lipinski definition) is 1. The molecule has 0 amide bonds. The van der Waals surface area contributed by atoms with E-state index in [1.54, 1.807) is 32.8 Å². The standard InChI is InChI=1S/C18H16N6O2/c1-25-13-8-7-12(16(9-13)26-2)10-19-22-17-18-23-20-11-24(18)15-6-4-3-5-14(15)21-17/h3-11H,1-2H3,(H,21,22)/b19-10-. The minimum Gasteiger partial charge on any atom is -0.497 e. The summed E-state index contributed by atoms with van der Waals surface area (Å²) in [5.74, 6) is 1.90. The van der Waals surface area contributed by atoms with Crippen molar-refractivity contribution in [1.29, 1.82) is 0 Å². The molecule has 2 aromatic heterocycles. The summed E-state index contributed by atoms with van der Waals surface area (Å²) in [7, 11) is 3.21. The van der Waals surface area contributed by atoms with Crippen LogP contribution in [-0.4, -0.2) is 40.0 Å². The van der Waals surface area contributed by atoms with Crippen molar-refractivity contribution in [3.63, 3.8) is 0 Å². The number of nitrogens with one attached hydrogen (secondary N) is 1. The highest BCUT2D eigenvalue weighted by Crippen LogP contribution is 2.23. The summed E-state index contributed by atoms with van der Waals surface area (Å²) in [4.78, 5) is 4.58. The lowest BCUT2D eigenvalue weighted by Crippen LogP contribution is -2.00. The van der Waals surface area contributed by atoms with Crippen LogP contribution in [0.4, 0.5) is 5.82 Å². The van der Waals surface area contributed by atoms with Gasteiger partial charge in [0.25, 0.3) is 0 Å². The van der Waals surface area contributed by atoms with E-state index in [0.717, 1.165) is 16.6 Å². The normalized spacial score (nSPS) is 11.3. The molecule has 0 atom stereocenters. The van der Waals surface area contributed by atoms with Gasteiger partial charge in [0.15, 0.2) is 5.82 Å². The number of hydrazone groups is 1. The fourth-order valence-electron chi connectivity index (χ4n) is 2.67. The molecule has 8 heteroatoms. The number of methoxy groups -OCH3 is 2. The monoisotopic (exact) mass is 348 g/mol. The predicted octanol–water partition coefficient (Wildman–Crippen LogP) is 2.74. The van der Waals surface area contributed by atoms with Crippen LogP contribution in [0.15, 0.2) is 53.9 Å². The van der Waals surface area contributed by atoms with Gasteiger partial charge in [-0.15, -0.1) is 10.2 Å². The molecule has 0 unspecified atom stereocenters. The lowest BCUT2D eigenvalue weighted by Gasteiger charge is -2.07. The van der Waals surface area contributed by atoms with Gasteiger partial charge >= 0.3 is 0 Å². The molecule has 0 radical (unpaired) electrons. The molecule has 2 heterocycles. The SMILES string of the molecule is COc1ccc(/C=N\Nc2nc3ccccc3n3cnnc23)c(OC)c1. The van der Waals surface area contributed by atoms with Crippen molar-refractivity contribution in [3.05, 3.63) is 54.4 Å². The summed E-state index contributed by atoms with van der Waals surface area (Å²) in [5.41, 5.74) is 6.10. The quantitative estimate of drug-likeness (QED) is 0.441. The average molecular weight is 348 g/mol. The zero-order valence-electron chi connectivity index (χ0n) is 14.2. The van der Waals surface area contributed by atoms with Crippen LogP contribution in [0.1, 0.15) is 5.56 Å². The van der Waals surface area contributed by atoms with Crippen molar-refractivity contribution < 1.29 is 9.47 Å². The molecule has 0 saturated heterocycles. The maximum atomic E-state index is 5.36. The number of ether oxygens (including phenoxy) is 2. The lowest BCUT2D eigenvalue weighted by molar-refractivity contribution is 0.394. The van der Waals surface area contributed by atoms with Crippen LogP contribution in [0, 0.1) is 0 Å². The molecule has 0 aliphatic rings. The third-order valence-corrected chi connectivity index (χ3v) is 3.95. The number of rotatable bonds is 5. The van der Waals surface area contributed by atoms with Crippen molar-refractivity contribution in [2.24, 2.45) is 5.10 Å². The molecule has 130 valence electrons. The van der Waals surface area contributed by atoms with Crippen LogP contribution in [0.25, 0.3) is 16.7 Å². The van der Waals surface area contributed by atoms with Gasteiger partial charge in [-0.1, -0.05) is 12.1 Å². The molecule has 0 aliphatic carbocycles. The summed E-state index contributed by atoms with van der Waals surface area (Å²) in [6.45, 7) is 0. The van der Waals surface area contributed by atoms with E-state index in [1.165, 1.54) is 0 Å². The highest BCUT2D eigenvalue weighted by molar-refractivity contribution is 5.86. The minimum absolute atomic E-state index is 0.518. The third-order valence-electron chi connectivity index (χ3n) is 3.95. The Morgan fingerprint density at radius 3 is 2.85 bits per heavy atom. The molecule has 26 heavy (non-hydrogen) atoms. The van der Waals surface area contributed by atoms with Crippen LogP contribution in [-0.2, 0) is 0 Å². The molecule has 0 saturated carbocycles. The number of nitrogens with zero attached hydrogens (tertiary/aromatic N) is 5. The van der Waals surface area contributed by atoms with Crippen LogP contribution >= 0.6 is 0 Å². The number of fused-ring (bicyclic) bond motifs is 3.